The zero-order valence-electron chi connectivity index (χ0n) is 13.1. The van der Waals surface area contributed by atoms with Crippen LogP contribution in [-0.2, 0) is 20.4 Å². The molecule has 0 bridgehead atoms. The van der Waals surface area contributed by atoms with Crippen molar-refractivity contribution in [3.05, 3.63) is 59.7 Å². The van der Waals surface area contributed by atoms with Gasteiger partial charge in [-0.15, -0.1) is 11.8 Å². The fourth-order valence-corrected chi connectivity index (χ4v) is 3.76. The highest BCUT2D eigenvalue weighted by Crippen LogP contribution is 2.21. The SMILES string of the molecule is Cc1cccc(CSCC(=O)Nc2ccccc2S(C)(=O)=O)c1. The predicted octanol–water partition coefficient (Wildman–Crippen LogP) is 3.27. The van der Waals surface area contributed by atoms with Crippen LogP contribution in [0.5, 0.6) is 0 Å². The van der Waals surface area contributed by atoms with Gasteiger partial charge in [0.25, 0.3) is 0 Å². The van der Waals surface area contributed by atoms with Gasteiger partial charge >= 0.3 is 0 Å². The van der Waals surface area contributed by atoms with Crippen LogP contribution in [0.25, 0.3) is 0 Å². The molecule has 0 radical (unpaired) electrons. The molecule has 2 aromatic carbocycles. The van der Waals surface area contributed by atoms with Crippen LogP contribution in [0.2, 0.25) is 0 Å². The van der Waals surface area contributed by atoms with Crippen molar-refractivity contribution >= 4 is 33.2 Å². The van der Waals surface area contributed by atoms with Crippen LogP contribution < -0.4 is 5.32 Å². The molecule has 0 spiro atoms. The lowest BCUT2D eigenvalue weighted by molar-refractivity contribution is -0.113. The van der Waals surface area contributed by atoms with Crippen LogP contribution in [0, 0.1) is 6.92 Å². The van der Waals surface area contributed by atoms with Gasteiger partial charge in [-0.3, -0.25) is 4.79 Å². The van der Waals surface area contributed by atoms with Gasteiger partial charge in [0, 0.05) is 12.0 Å². The zero-order valence-corrected chi connectivity index (χ0v) is 14.7. The maximum Gasteiger partial charge on any atom is 0.234 e. The van der Waals surface area contributed by atoms with Crippen molar-refractivity contribution in [2.24, 2.45) is 0 Å². The molecule has 0 aliphatic rings. The Morgan fingerprint density at radius 2 is 1.87 bits per heavy atom. The van der Waals surface area contributed by atoms with Gasteiger partial charge in [-0.05, 0) is 24.6 Å². The Balaban J connectivity index is 1.93. The first-order chi connectivity index (χ1) is 10.9. The fraction of sp³-hybridized carbons (Fsp3) is 0.235. The Bertz CT molecular complexity index is 801. The fourth-order valence-electron chi connectivity index (χ4n) is 2.14. The number of amides is 1. The first-order valence-electron chi connectivity index (χ1n) is 7.08. The first-order valence-corrected chi connectivity index (χ1v) is 10.1. The standard InChI is InChI=1S/C17H19NO3S2/c1-13-6-5-7-14(10-13)11-22-12-17(19)18-15-8-3-4-9-16(15)23(2,20)21/h3-10H,11-12H2,1-2H3,(H,18,19). The van der Waals surface area contributed by atoms with Crippen molar-refractivity contribution in [1.82, 2.24) is 0 Å². The quantitative estimate of drug-likeness (QED) is 0.869. The molecule has 4 nitrogen and oxygen atoms in total. The number of benzene rings is 2. The van der Waals surface area contributed by atoms with Gasteiger partial charge in [0.15, 0.2) is 9.84 Å². The number of nitrogens with one attached hydrogen (secondary N) is 1. The summed E-state index contributed by atoms with van der Waals surface area (Å²) < 4.78 is 23.4. The zero-order chi connectivity index (χ0) is 16.9. The third kappa shape index (κ3) is 5.41. The summed E-state index contributed by atoms with van der Waals surface area (Å²) in [5, 5.41) is 2.68. The molecule has 1 N–H and O–H groups in total. The predicted molar refractivity (Wildman–Crippen MR) is 95.5 cm³/mol. The molecule has 0 heterocycles. The number of anilines is 1. The second-order valence-electron chi connectivity index (χ2n) is 5.30. The molecule has 0 unspecified atom stereocenters. The molecule has 23 heavy (non-hydrogen) atoms. The molecule has 0 atom stereocenters. The Kier molecular flexibility index (Phi) is 5.85. The van der Waals surface area contributed by atoms with Crippen LogP contribution in [0.15, 0.2) is 53.4 Å². The second-order valence-corrected chi connectivity index (χ2v) is 8.27. The van der Waals surface area contributed by atoms with E-state index in [2.05, 4.69) is 11.4 Å². The van der Waals surface area contributed by atoms with Gasteiger partial charge in [-0.1, -0.05) is 42.0 Å². The van der Waals surface area contributed by atoms with Crippen LogP contribution in [0.3, 0.4) is 0 Å². The van der Waals surface area contributed by atoms with E-state index in [4.69, 9.17) is 0 Å². The molecule has 0 aliphatic heterocycles. The number of aryl methyl sites for hydroxylation is 1. The minimum absolute atomic E-state index is 0.136. The minimum atomic E-state index is -3.37. The van der Waals surface area contributed by atoms with Crippen LogP contribution >= 0.6 is 11.8 Å². The van der Waals surface area contributed by atoms with Gasteiger partial charge in [-0.25, -0.2) is 8.42 Å². The summed E-state index contributed by atoms with van der Waals surface area (Å²) in [5.74, 6) is 0.799. The first kappa shape index (κ1) is 17.6. The lowest BCUT2D eigenvalue weighted by atomic mass is 10.2. The highest BCUT2D eigenvalue weighted by molar-refractivity contribution is 7.99. The topological polar surface area (TPSA) is 63.2 Å². The van der Waals surface area contributed by atoms with E-state index in [9.17, 15) is 13.2 Å². The van der Waals surface area contributed by atoms with E-state index >= 15 is 0 Å². The molecular formula is C17H19NO3S2. The Labute approximate surface area is 141 Å². The summed E-state index contributed by atoms with van der Waals surface area (Å²) >= 11 is 1.49. The molecule has 122 valence electrons. The normalized spacial score (nSPS) is 11.2. The number of hydrogen-bond acceptors (Lipinski definition) is 4. The van der Waals surface area contributed by atoms with Crippen molar-refractivity contribution < 1.29 is 13.2 Å². The maximum atomic E-state index is 12.0. The Morgan fingerprint density at radius 1 is 1.13 bits per heavy atom. The van der Waals surface area contributed by atoms with Crippen molar-refractivity contribution in [2.45, 2.75) is 17.6 Å². The van der Waals surface area contributed by atoms with Crippen molar-refractivity contribution in [3.63, 3.8) is 0 Å². The van der Waals surface area contributed by atoms with E-state index in [1.165, 1.54) is 29.0 Å². The van der Waals surface area contributed by atoms with E-state index in [1.807, 2.05) is 25.1 Å². The van der Waals surface area contributed by atoms with Crippen LogP contribution in [0.4, 0.5) is 5.69 Å². The number of hydrogen-bond donors (Lipinski definition) is 1. The van der Waals surface area contributed by atoms with Gasteiger partial charge < -0.3 is 5.32 Å². The molecule has 0 saturated carbocycles. The molecule has 1 amide bonds. The van der Waals surface area contributed by atoms with Crippen LogP contribution in [-0.4, -0.2) is 26.3 Å². The van der Waals surface area contributed by atoms with Crippen molar-refractivity contribution in [2.75, 3.05) is 17.3 Å². The number of carbonyl (C=O) groups is 1. The van der Waals surface area contributed by atoms with Gasteiger partial charge in [0.1, 0.15) is 0 Å². The van der Waals surface area contributed by atoms with Gasteiger partial charge in [-0.2, -0.15) is 0 Å². The minimum Gasteiger partial charge on any atom is -0.324 e. The number of sulfone groups is 1. The smallest absolute Gasteiger partial charge is 0.234 e. The largest absolute Gasteiger partial charge is 0.324 e. The summed E-state index contributed by atoms with van der Waals surface area (Å²) in [7, 11) is -3.37. The molecule has 6 heteroatoms. The lowest BCUT2D eigenvalue weighted by Crippen LogP contribution is -2.16. The molecule has 2 aromatic rings. The summed E-state index contributed by atoms with van der Waals surface area (Å²) in [4.78, 5) is 12.2. The van der Waals surface area contributed by atoms with E-state index in [1.54, 1.807) is 18.2 Å². The number of para-hydroxylation sites is 1. The van der Waals surface area contributed by atoms with Gasteiger partial charge in [0.2, 0.25) is 5.91 Å². The van der Waals surface area contributed by atoms with Crippen molar-refractivity contribution in [1.29, 1.82) is 0 Å². The molecule has 0 aliphatic carbocycles. The molecule has 0 saturated heterocycles. The van der Waals surface area contributed by atoms with E-state index < -0.39 is 9.84 Å². The number of rotatable bonds is 6. The third-order valence-corrected chi connectivity index (χ3v) is 5.30. The Hall–Kier alpha value is -1.79. The maximum absolute atomic E-state index is 12.0. The summed E-state index contributed by atoms with van der Waals surface area (Å²) in [5.41, 5.74) is 2.69. The van der Waals surface area contributed by atoms with E-state index in [0.717, 1.165) is 12.0 Å². The summed E-state index contributed by atoms with van der Waals surface area (Å²) in [6.45, 7) is 2.03. The average molecular weight is 349 g/mol. The monoisotopic (exact) mass is 349 g/mol. The molecule has 2 rings (SSSR count). The molecular weight excluding hydrogens is 330 g/mol. The summed E-state index contributed by atoms with van der Waals surface area (Å²) in [6.07, 6.45) is 1.13. The summed E-state index contributed by atoms with van der Waals surface area (Å²) in [6, 6.07) is 14.6. The average Bonchev–Trinajstić information content (AvgIpc) is 2.47. The number of carbonyl (C=O) groups excluding carboxylic acids is 1. The van der Waals surface area contributed by atoms with E-state index in [0.29, 0.717) is 5.69 Å². The number of thioether (sulfide) groups is 1. The highest BCUT2D eigenvalue weighted by atomic mass is 32.2. The van der Waals surface area contributed by atoms with Crippen LogP contribution in [0.1, 0.15) is 11.1 Å². The third-order valence-electron chi connectivity index (χ3n) is 3.14. The van der Waals surface area contributed by atoms with E-state index in [-0.39, 0.29) is 16.6 Å². The highest BCUT2D eigenvalue weighted by Gasteiger charge is 2.14. The molecule has 0 fully saturated rings. The lowest BCUT2D eigenvalue weighted by Gasteiger charge is -2.09. The second kappa shape index (κ2) is 7.66. The Morgan fingerprint density at radius 3 is 2.57 bits per heavy atom. The van der Waals surface area contributed by atoms with Crippen molar-refractivity contribution in [3.8, 4) is 0 Å². The molecule has 0 aromatic heterocycles. The van der Waals surface area contributed by atoms with Gasteiger partial charge in [0.05, 0.1) is 16.3 Å².